The summed E-state index contributed by atoms with van der Waals surface area (Å²) >= 11 is 0. The summed E-state index contributed by atoms with van der Waals surface area (Å²) in [5.41, 5.74) is 1.49. The second-order valence-electron chi connectivity index (χ2n) is 1.96. The van der Waals surface area contributed by atoms with Crippen LogP contribution in [-0.2, 0) is 0 Å². The SMILES string of the molecule is CC=CC1=CC1C. The van der Waals surface area contributed by atoms with Gasteiger partial charge in [-0.2, -0.15) is 0 Å². The molecule has 1 unspecified atom stereocenters. The minimum absolute atomic E-state index is 0.774. The van der Waals surface area contributed by atoms with Crippen LogP contribution in [0.25, 0.3) is 0 Å². The van der Waals surface area contributed by atoms with E-state index in [9.17, 15) is 0 Å². The molecule has 1 aliphatic carbocycles. The molecule has 0 amide bonds. The van der Waals surface area contributed by atoms with Crippen molar-refractivity contribution in [3.8, 4) is 0 Å². The Labute approximate surface area is 44.5 Å². The van der Waals surface area contributed by atoms with E-state index in [-0.39, 0.29) is 0 Å². The zero-order valence-corrected chi connectivity index (χ0v) is 4.81. The molecule has 0 aromatic heterocycles. The van der Waals surface area contributed by atoms with Gasteiger partial charge in [0, 0.05) is 0 Å². The van der Waals surface area contributed by atoms with E-state index < -0.39 is 0 Å². The van der Waals surface area contributed by atoms with Crippen molar-refractivity contribution in [2.24, 2.45) is 5.92 Å². The topological polar surface area (TPSA) is 0 Å². The van der Waals surface area contributed by atoms with Crippen molar-refractivity contribution in [3.05, 3.63) is 23.8 Å². The Morgan fingerprint density at radius 3 is 2.43 bits per heavy atom. The van der Waals surface area contributed by atoms with Gasteiger partial charge in [-0.1, -0.05) is 25.2 Å². The first kappa shape index (κ1) is 4.63. The van der Waals surface area contributed by atoms with Crippen LogP contribution in [0.5, 0.6) is 0 Å². The van der Waals surface area contributed by atoms with Crippen LogP contribution >= 0.6 is 0 Å². The minimum Gasteiger partial charge on any atom is -0.0874 e. The van der Waals surface area contributed by atoms with Gasteiger partial charge in [0.1, 0.15) is 0 Å². The van der Waals surface area contributed by atoms with E-state index in [1.54, 1.807) is 0 Å². The second-order valence-corrected chi connectivity index (χ2v) is 1.96. The summed E-state index contributed by atoms with van der Waals surface area (Å²) in [6.45, 7) is 4.25. The first-order valence-electron chi connectivity index (χ1n) is 2.69. The molecular weight excluding hydrogens is 84.1 g/mol. The molecule has 0 aliphatic heterocycles. The molecule has 0 radical (unpaired) electrons. The lowest BCUT2D eigenvalue weighted by molar-refractivity contribution is 1.05. The molecule has 1 aliphatic rings. The molecule has 0 saturated carbocycles. The highest BCUT2D eigenvalue weighted by Gasteiger charge is 2.13. The Kier molecular flexibility index (Phi) is 1.01. The molecule has 0 aromatic carbocycles. The fraction of sp³-hybridized carbons (Fsp3) is 0.429. The highest BCUT2D eigenvalue weighted by Crippen LogP contribution is 2.28. The summed E-state index contributed by atoms with van der Waals surface area (Å²) in [6, 6.07) is 0. The third kappa shape index (κ3) is 0.923. The lowest BCUT2D eigenvalue weighted by Crippen LogP contribution is -1.61. The van der Waals surface area contributed by atoms with E-state index in [0.717, 1.165) is 5.92 Å². The molecule has 7 heavy (non-hydrogen) atoms. The second kappa shape index (κ2) is 1.53. The van der Waals surface area contributed by atoms with Crippen LogP contribution in [0.3, 0.4) is 0 Å². The maximum Gasteiger partial charge on any atom is -0.000746 e. The molecule has 1 atom stereocenters. The number of hydrogen-bond acceptors (Lipinski definition) is 0. The van der Waals surface area contributed by atoms with Crippen molar-refractivity contribution in [1.29, 1.82) is 0 Å². The zero-order valence-electron chi connectivity index (χ0n) is 4.81. The lowest BCUT2D eigenvalue weighted by atomic mass is 10.3. The van der Waals surface area contributed by atoms with Crippen LogP contribution in [-0.4, -0.2) is 0 Å². The summed E-state index contributed by atoms with van der Waals surface area (Å²) in [4.78, 5) is 0. The zero-order chi connectivity index (χ0) is 5.28. The molecule has 0 nitrogen and oxygen atoms in total. The Hall–Kier alpha value is -0.520. The van der Waals surface area contributed by atoms with Crippen molar-refractivity contribution < 1.29 is 0 Å². The van der Waals surface area contributed by atoms with Crippen molar-refractivity contribution in [2.45, 2.75) is 13.8 Å². The smallest absolute Gasteiger partial charge is 0.000746 e. The molecule has 0 bridgehead atoms. The van der Waals surface area contributed by atoms with E-state index in [4.69, 9.17) is 0 Å². The summed E-state index contributed by atoms with van der Waals surface area (Å²) in [5, 5.41) is 0. The molecular formula is C7H10. The van der Waals surface area contributed by atoms with Gasteiger partial charge in [-0.3, -0.25) is 0 Å². The molecule has 0 fully saturated rings. The van der Waals surface area contributed by atoms with Crippen molar-refractivity contribution in [1.82, 2.24) is 0 Å². The predicted octanol–water partition coefficient (Wildman–Crippen LogP) is 2.14. The largest absolute Gasteiger partial charge is 0.0874 e. The highest BCUT2D eigenvalue weighted by atomic mass is 14.2. The van der Waals surface area contributed by atoms with Crippen LogP contribution < -0.4 is 0 Å². The van der Waals surface area contributed by atoms with E-state index in [1.807, 2.05) is 6.92 Å². The average molecular weight is 94.2 g/mol. The van der Waals surface area contributed by atoms with Gasteiger partial charge in [-0.25, -0.2) is 0 Å². The van der Waals surface area contributed by atoms with Gasteiger partial charge in [-0.15, -0.1) is 0 Å². The standard InChI is InChI=1S/C7H10/c1-3-4-7-5-6(7)2/h3-6H,1-2H3. The summed E-state index contributed by atoms with van der Waals surface area (Å²) in [6.07, 6.45) is 6.49. The number of hydrogen-bond donors (Lipinski definition) is 0. The van der Waals surface area contributed by atoms with Gasteiger partial charge >= 0.3 is 0 Å². The molecule has 0 heteroatoms. The fourth-order valence-corrected chi connectivity index (χ4v) is 0.640. The quantitative estimate of drug-likeness (QED) is 0.467. The van der Waals surface area contributed by atoms with E-state index in [1.165, 1.54) is 5.57 Å². The van der Waals surface area contributed by atoms with Crippen LogP contribution in [0.4, 0.5) is 0 Å². The van der Waals surface area contributed by atoms with Crippen LogP contribution in [0.15, 0.2) is 23.8 Å². The Bertz CT molecular complexity index is 118. The van der Waals surface area contributed by atoms with Gasteiger partial charge < -0.3 is 0 Å². The van der Waals surface area contributed by atoms with E-state index in [2.05, 4.69) is 25.2 Å². The van der Waals surface area contributed by atoms with Gasteiger partial charge in [0.05, 0.1) is 0 Å². The van der Waals surface area contributed by atoms with Crippen molar-refractivity contribution in [3.63, 3.8) is 0 Å². The Morgan fingerprint density at radius 2 is 2.29 bits per heavy atom. The molecule has 0 heterocycles. The number of allylic oxidation sites excluding steroid dienone is 4. The maximum atomic E-state index is 2.25. The van der Waals surface area contributed by atoms with Gasteiger partial charge in [0.25, 0.3) is 0 Å². The molecule has 0 aromatic rings. The third-order valence-electron chi connectivity index (χ3n) is 1.22. The van der Waals surface area contributed by atoms with Crippen molar-refractivity contribution in [2.75, 3.05) is 0 Å². The van der Waals surface area contributed by atoms with Gasteiger partial charge in [0.15, 0.2) is 0 Å². The van der Waals surface area contributed by atoms with Crippen LogP contribution in [0.1, 0.15) is 13.8 Å². The first-order valence-corrected chi connectivity index (χ1v) is 2.69. The molecule has 38 valence electrons. The third-order valence-corrected chi connectivity index (χ3v) is 1.22. The fourth-order valence-electron chi connectivity index (χ4n) is 0.640. The molecule has 0 saturated heterocycles. The maximum absolute atomic E-state index is 2.25. The monoisotopic (exact) mass is 94.1 g/mol. The Morgan fingerprint density at radius 1 is 1.71 bits per heavy atom. The average Bonchev–Trinajstić information content (AvgIpc) is 2.22. The lowest BCUT2D eigenvalue weighted by Gasteiger charge is -1.75. The molecule has 1 rings (SSSR count). The van der Waals surface area contributed by atoms with Gasteiger partial charge in [0.2, 0.25) is 0 Å². The summed E-state index contributed by atoms with van der Waals surface area (Å²) in [5.74, 6) is 0.774. The van der Waals surface area contributed by atoms with E-state index >= 15 is 0 Å². The summed E-state index contributed by atoms with van der Waals surface area (Å²) < 4.78 is 0. The predicted molar refractivity (Wildman–Crippen MR) is 32.1 cm³/mol. The first-order chi connectivity index (χ1) is 3.34. The van der Waals surface area contributed by atoms with Gasteiger partial charge in [-0.05, 0) is 18.4 Å². The highest BCUT2D eigenvalue weighted by molar-refractivity contribution is 5.37. The van der Waals surface area contributed by atoms with Crippen molar-refractivity contribution >= 4 is 0 Å². The summed E-state index contributed by atoms with van der Waals surface area (Å²) in [7, 11) is 0. The number of rotatable bonds is 1. The normalized spacial score (nSPS) is 28.3. The van der Waals surface area contributed by atoms with E-state index in [0.29, 0.717) is 0 Å². The Balaban J connectivity index is 2.33. The van der Waals surface area contributed by atoms with Crippen LogP contribution in [0, 0.1) is 5.92 Å². The molecule has 0 spiro atoms. The molecule has 0 N–H and O–H groups in total. The minimum atomic E-state index is 0.774. The van der Waals surface area contributed by atoms with Crippen LogP contribution in [0.2, 0.25) is 0 Å².